The molecule has 1 aliphatic rings. The molecule has 5 nitrogen and oxygen atoms in total. The second-order valence-electron chi connectivity index (χ2n) is 5.68. The van der Waals surface area contributed by atoms with Crippen LogP contribution in [0.4, 0.5) is 14.6 Å². The first-order chi connectivity index (χ1) is 11.1. The van der Waals surface area contributed by atoms with Crippen LogP contribution in [0.25, 0.3) is 11.0 Å². The van der Waals surface area contributed by atoms with Crippen molar-refractivity contribution >= 4 is 16.9 Å². The number of aromatic nitrogens is 4. The quantitative estimate of drug-likeness (QED) is 0.776. The van der Waals surface area contributed by atoms with Crippen molar-refractivity contribution in [2.75, 3.05) is 11.9 Å². The molecule has 1 aliphatic carbocycles. The third-order valence-corrected chi connectivity index (χ3v) is 4.09. The van der Waals surface area contributed by atoms with Crippen LogP contribution in [0, 0.1) is 0 Å². The number of hydrogen-bond acceptors (Lipinski definition) is 4. The van der Waals surface area contributed by atoms with Gasteiger partial charge in [-0.1, -0.05) is 12.1 Å². The van der Waals surface area contributed by atoms with Crippen LogP contribution < -0.4 is 5.32 Å². The van der Waals surface area contributed by atoms with Gasteiger partial charge in [0.15, 0.2) is 0 Å². The second-order valence-corrected chi connectivity index (χ2v) is 5.68. The summed E-state index contributed by atoms with van der Waals surface area (Å²) in [6.07, 6.45) is 3.82. The Morgan fingerprint density at radius 3 is 2.87 bits per heavy atom. The minimum atomic E-state index is -3.05. The maximum absolute atomic E-state index is 14.5. The van der Waals surface area contributed by atoms with Gasteiger partial charge < -0.3 is 5.32 Å². The van der Waals surface area contributed by atoms with E-state index in [9.17, 15) is 8.78 Å². The summed E-state index contributed by atoms with van der Waals surface area (Å²) < 4.78 is 28.9. The number of anilines is 1. The highest BCUT2D eigenvalue weighted by molar-refractivity contribution is 5.75. The maximum atomic E-state index is 14.5. The molecule has 3 aromatic rings. The Morgan fingerprint density at radius 1 is 1.17 bits per heavy atom. The molecule has 2 N–H and O–H groups in total. The predicted octanol–water partition coefficient (Wildman–Crippen LogP) is 3.05. The van der Waals surface area contributed by atoms with E-state index in [2.05, 4.69) is 25.5 Å². The van der Waals surface area contributed by atoms with Gasteiger partial charge >= 0.3 is 5.92 Å². The average Bonchev–Trinajstić information content (AvgIpc) is 3.16. The number of aromatic amines is 1. The minimum absolute atomic E-state index is 0.147. The molecule has 7 heteroatoms. The molecule has 0 aliphatic heterocycles. The van der Waals surface area contributed by atoms with E-state index >= 15 is 0 Å². The zero-order valence-electron chi connectivity index (χ0n) is 12.3. The molecule has 0 unspecified atom stereocenters. The van der Waals surface area contributed by atoms with Gasteiger partial charge in [0.2, 0.25) is 0 Å². The van der Waals surface area contributed by atoms with Crippen LogP contribution in [0.3, 0.4) is 0 Å². The highest BCUT2D eigenvalue weighted by Gasteiger charge is 2.38. The van der Waals surface area contributed by atoms with Crippen LogP contribution in [0.5, 0.6) is 0 Å². The number of hydrogen-bond donors (Lipinski definition) is 2. The summed E-state index contributed by atoms with van der Waals surface area (Å²) in [5.74, 6) is -2.72. The van der Waals surface area contributed by atoms with Crippen molar-refractivity contribution in [2.45, 2.75) is 25.2 Å². The van der Waals surface area contributed by atoms with Crippen molar-refractivity contribution in [3.63, 3.8) is 0 Å². The number of nitrogens with zero attached hydrogens (tertiary/aromatic N) is 3. The second kappa shape index (κ2) is 5.26. The molecule has 0 amide bonds. The molecule has 4 rings (SSSR count). The van der Waals surface area contributed by atoms with E-state index in [0.29, 0.717) is 23.3 Å². The molecule has 0 saturated carbocycles. The standard InChI is InChI=1S/C16H15F2N5/c17-16(18,15-10-4-3-7-11(10)22-23-15)9-20-14-8-19-12-5-1-2-6-13(12)21-14/h1-2,5-6,8H,3-4,7,9H2,(H,20,21)(H,22,23). The van der Waals surface area contributed by atoms with Gasteiger partial charge in [0.25, 0.3) is 0 Å². The Morgan fingerprint density at radius 2 is 2.00 bits per heavy atom. The third-order valence-electron chi connectivity index (χ3n) is 4.09. The Balaban J connectivity index is 1.54. The molecule has 0 radical (unpaired) electrons. The number of para-hydroxylation sites is 2. The zero-order chi connectivity index (χ0) is 15.9. The Kier molecular flexibility index (Phi) is 3.21. The van der Waals surface area contributed by atoms with Gasteiger partial charge in [-0.15, -0.1) is 0 Å². The minimum Gasteiger partial charge on any atom is -0.362 e. The maximum Gasteiger partial charge on any atom is 0.308 e. The van der Waals surface area contributed by atoms with Gasteiger partial charge in [0, 0.05) is 11.3 Å². The Hall–Kier alpha value is -2.57. The molecule has 0 saturated heterocycles. The van der Waals surface area contributed by atoms with E-state index in [1.807, 2.05) is 18.2 Å². The van der Waals surface area contributed by atoms with Gasteiger partial charge in [-0.05, 0) is 31.4 Å². The highest BCUT2D eigenvalue weighted by atomic mass is 19.3. The number of aryl methyl sites for hydroxylation is 1. The predicted molar refractivity (Wildman–Crippen MR) is 82.5 cm³/mol. The van der Waals surface area contributed by atoms with Gasteiger partial charge in [-0.25, -0.2) is 4.98 Å². The summed E-state index contributed by atoms with van der Waals surface area (Å²) in [5, 5.41) is 9.23. The third kappa shape index (κ3) is 2.52. The number of halogens is 2. The SMILES string of the molecule is FC(F)(CNc1cnc2ccccc2n1)c1n[nH]c2c1CCC2. The summed E-state index contributed by atoms with van der Waals surface area (Å²) in [4.78, 5) is 8.51. The van der Waals surface area contributed by atoms with Crippen molar-refractivity contribution in [1.29, 1.82) is 0 Å². The molecule has 0 spiro atoms. The van der Waals surface area contributed by atoms with Crippen LogP contribution >= 0.6 is 0 Å². The fourth-order valence-corrected chi connectivity index (χ4v) is 2.95. The smallest absolute Gasteiger partial charge is 0.308 e. The first kappa shape index (κ1) is 14.0. The number of fused-ring (bicyclic) bond motifs is 2. The van der Waals surface area contributed by atoms with E-state index in [1.54, 1.807) is 6.07 Å². The van der Waals surface area contributed by atoms with Gasteiger partial charge in [-0.2, -0.15) is 13.9 Å². The molecule has 0 atom stereocenters. The number of H-pyrrole nitrogens is 1. The molecular formula is C16H15F2N5. The molecule has 0 bridgehead atoms. The highest BCUT2D eigenvalue weighted by Crippen LogP contribution is 2.34. The number of rotatable bonds is 4. The van der Waals surface area contributed by atoms with Crippen LogP contribution in [0.1, 0.15) is 23.4 Å². The number of nitrogens with one attached hydrogen (secondary N) is 2. The average molecular weight is 315 g/mol. The summed E-state index contributed by atoms with van der Waals surface area (Å²) in [6.45, 7) is -0.558. The summed E-state index contributed by atoms with van der Waals surface area (Å²) in [5.41, 5.74) is 2.76. The topological polar surface area (TPSA) is 66.5 Å². The van der Waals surface area contributed by atoms with Crippen LogP contribution in [-0.4, -0.2) is 26.7 Å². The molecule has 0 fully saturated rings. The molecular weight excluding hydrogens is 300 g/mol. The first-order valence-electron chi connectivity index (χ1n) is 7.53. The summed E-state index contributed by atoms with van der Waals surface area (Å²) in [7, 11) is 0. The monoisotopic (exact) mass is 315 g/mol. The lowest BCUT2D eigenvalue weighted by molar-refractivity contribution is 0.00503. The lowest BCUT2D eigenvalue weighted by Crippen LogP contribution is -2.26. The Bertz CT molecular complexity index is 859. The van der Waals surface area contributed by atoms with Crippen LogP contribution in [-0.2, 0) is 18.8 Å². The molecule has 2 heterocycles. The fraction of sp³-hybridized carbons (Fsp3) is 0.312. The Labute approximate surface area is 131 Å². The van der Waals surface area contributed by atoms with Crippen molar-refractivity contribution in [2.24, 2.45) is 0 Å². The fourth-order valence-electron chi connectivity index (χ4n) is 2.95. The molecule has 118 valence electrons. The number of alkyl halides is 2. The van der Waals surface area contributed by atoms with Crippen LogP contribution in [0.2, 0.25) is 0 Å². The lowest BCUT2D eigenvalue weighted by atomic mass is 10.1. The van der Waals surface area contributed by atoms with E-state index < -0.39 is 12.5 Å². The first-order valence-corrected chi connectivity index (χ1v) is 7.53. The molecule has 2 aromatic heterocycles. The van der Waals surface area contributed by atoms with Crippen LogP contribution in [0.15, 0.2) is 30.5 Å². The zero-order valence-corrected chi connectivity index (χ0v) is 12.3. The van der Waals surface area contributed by atoms with E-state index in [4.69, 9.17) is 0 Å². The summed E-state index contributed by atoms with van der Waals surface area (Å²) >= 11 is 0. The molecule has 23 heavy (non-hydrogen) atoms. The van der Waals surface area contributed by atoms with Crippen molar-refractivity contribution < 1.29 is 8.78 Å². The number of benzene rings is 1. The van der Waals surface area contributed by atoms with Gasteiger partial charge in [0.05, 0.1) is 23.8 Å². The van der Waals surface area contributed by atoms with Gasteiger partial charge in [0.1, 0.15) is 11.5 Å². The van der Waals surface area contributed by atoms with E-state index in [0.717, 1.165) is 24.1 Å². The van der Waals surface area contributed by atoms with E-state index in [1.165, 1.54) is 6.20 Å². The lowest BCUT2D eigenvalue weighted by Gasteiger charge is -2.16. The largest absolute Gasteiger partial charge is 0.362 e. The normalized spacial score (nSPS) is 14.2. The van der Waals surface area contributed by atoms with Crippen molar-refractivity contribution in [3.8, 4) is 0 Å². The summed E-state index contributed by atoms with van der Waals surface area (Å²) in [6, 6.07) is 7.32. The molecule has 1 aromatic carbocycles. The van der Waals surface area contributed by atoms with E-state index in [-0.39, 0.29) is 5.69 Å². The van der Waals surface area contributed by atoms with Crippen molar-refractivity contribution in [3.05, 3.63) is 47.4 Å². The van der Waals surface area contributed by atoms with Crippen molar-refractivity contribution in [1.82, 2.24) is 20.2 Å². The van der Waals surface area contributed by atoms with Gasteiger partial charge in [-0.3, -0.25) is 10.1 Å².